The molecule has 0 amide bonds. The largest absolute Gasteiger partial charge is 0.419 e. The Balaban J connectivity index is 1.66. The number of para-hydroxylation sites is 1. The first-order valence-electron chi connectivity index (χ1n) is 8.44. The molecular weight excluding hydrogens is 370 g/mol. The van der Waals surface area contributed by atoms with Gasteiger partial charge in [-0.1, -0.05) is 30.3 Å². The summed E-state index contributed by atoms with van der Waals surface area (Å²) in [6, 6.07) is 15.7. The topological polar surface area (TPSA) is 38.7 Å². The minimum absolute atomic E-state index is 0.130. The maximum atomic E-state index is 13.5. The predicted molar refractivity (Wildman–Crippen MR) is 97.0 cm³/mol. The van der Waals surface area contributed by atoms with Gasteiger partial charge in [0.15, 0.2) is 5.82 Å². The van der Waals surface area contributed by atoms with Crippen molar-refractivity contribution in [3.63, 3.8) is 0 Å². The zero-order valence-corrected chi connectivity index (χ0v) is 14.4. The van der Waals surface area contributed by atoms with Gasteiger partial charge in [-0.15, -0.1) is 0 Å². The van der Waals surface area contributed by atoms with Crippen LogP contribution in [-0.4, -0.2) is 15.0 Å². The lowest BCUT2D eigenvalue weighted by Crippen LogP contribution is -2.09. The van der Waals surface area contributed by atoms with Crippen LogP contribution in [0.3, 0.4) is 0 Å². The molecule has 2 heterocycles. The van der Waals surface area contributed by atoms with Crippen LogP contribution >= 0.6 is 0 Å². The number of nitrogens with zero attached hydrogens (tertiary/aromatic N) is 3. The van der Waals surface area contributed by atoms with E-state index in [2.05, 4.69) is 15.0 Å². The number of pyridine rings is 1. The van der Waals surface area contributed by atoms with Crippen molar-refractivity contribution in [1.82, 2.24) is 15.0 Å². The lowest BCUT2D eigenvalue weighted by Gasteiger charge is -2.10. The zero-order chi connectivity index (χ0) is 19.7. The SMILES string of the molecule is Fc1ccc(Cc2cccc(-c3ncc4ccccc4n3)n2)cc1C(F)(F)F. The number of fused-ring (bicyclic) bond motifs is 1. The van der Waals surface area contributed by atoms with Gasteiger partial charge in [0, 0.05) is 23.7 Å². The quantitative estimate of drug-likeness (QED) is 0.442. The van der Waals surface area contributed by atoms with Crippen LogP contribution in [-0.2, 0) is 12.6 Å². The van der Waals surface area contributed by atoms with Gasteiger partial charge in [-0.25, -0.2) is 19.3 Å². The van der Waals surface area contributed by atoms with Gasteiger partial charge >= 0.3 is 6.18 Å². The smallest absolute Gasteiger partial charge is 0.249 e. The molecule has 3 nitrogen and oxygen atoms in total. The average Bonchev–Trinajstić information content (AvgIpc) is 2.68. The minimum Gasteiger partial charge on any atom is -0.249 e. The molecule has 2 aromatic heterocycles. The molecule has 2 aromatic carbocycles. The molecule has 0 aliphatic carbocycles. The Morgan fingerprint density at radius 2 is 1.68 bits per heavy atom. The normalized spacial score (nSPS) is 11.7. The summed E-state index contributed by atoms with van der Waals surface area (Å²) in [7, 11) is 0. The summed E-state index contributed by atoms with van der Waals surface area (Å²) < 4.78 is 52.2. The molecule has 0 bridgehead atoms. The van der Waals surface area contributed by atoms with Crippen LogP contribution in [0, 0.1) is 5.82 Å². The van der Waals surface area contributed by atoms with Crippen LogP contribution < -0.4 is 0 Å². The van der Waals surface area contributed by atoms with Crippen molar-refractivity contribution in [1.29, 1.82) is 0 Å². The molecule has 28 heavy (non-hydrogen) atoms. The lowest BCUT2D eigenvalue weighted by atomic mass is 10.0. The fraction of sp³-hybridized carbons (Fsp3) is 0.0952. The van der Waals surface area contributed by atoms with Gasteiger partial charge in [-0.05, 0) is 35.9 Å². The number of hydrogen-bond acceptors (Lipinski definition) is 3. The third kappa shape index (κ3) is 3.69. The molecule has 0 saturated carbocycles. The van der Waals surface area contributed by atoms with E-state index in [0.717, 1.165) is 23.0 Å². The summed E-state index contributed by atoms with van der Waals surface area (Å²) >= 11 is 0. The summed E-state index contributed by atoms with van der Waals surface area (Å²) in [5, 5.41) is 0.897. The molecule has 0 atom stereocenters. The van der Waals surface area contributed by atoms with Crippen molar-refractivity contribution in [2.24, 2.45) is 0 Å². The molecule has 0 fully saturated rings. The maximum Gasteiger partial charge on any atom is 0.419 e. The summed E-state index contributed by atoms with van der Waals surface area (Å²) in [6.07, 6.45) is -2.92. The minimum atomic E-state index is -4.74. The molecule has 0 spiro atoms. The van der Waals surface area contributed by atoms with Crippen molar-refractivity contribution in [3.8, 4) is 11.5 Å². The van der Waals surface area contributed by atoms with Crippen LogP contribution in [0.2, 0.25) is 0 Å². The molecular formula is C21H13F4N3. The van der Waals surface area contributed by atoms with E-state index in [1.54, 1.807) is 24.4 Å². The monoisotopic (exact) mass is 383 g/mol. The number of aromatic nitrogens is 3. The van der Waals surface area contributed by atoms with Crippen LogP contribution in [0.1, 0.15) is 16.8 Å². The van der Waals surface area contributed by atoms with Crippen LogP contribution in [0.15, 0.2) is 66.9 Å². The van der Waals surface area contributed by atoms with Gasteiger partial charge in [-0.3, -0.25) is 0 Å². The fourth-order valence-electron chi connectivity index (χ4n) is 2.91. The molecule has 4 aromatic rings. The van der Waals surface area contributed by atoms with E-state index in [9.17, 15) is 17.6 Å². The number of alkyl halides is 3. The summed E-state index contributed by atoms with van der Waals surface area (Å²) in [5.41, 5.74) is 0.861. The van der Waals surface area contributed by atoms with E-state index in [1.807, 2.05) is 24.3 Å². The van der Waals surface area contributed by atoms with Gasteiger partial charge in [0.1, 0.15) is 11.5 Å². The third-order valence-corrected chi connectivity index (χ3v) is 4.25. The second-order valence-electron chi connectivity index (χ2n) is 6.26. The average molecular weight is 383 g/mol. The van der Waals surface area contributed by atoms with Crippen LogP contribution in [0.25, 0.3) is 22.4 Å². The van der Waals surface area contributed by atoms with Gasteiger partial charge in [0.05, 0.1) is 11.1 Å². The molecule has 0 N–H and O–H groups in total. The first kappa shape index (κ1) is 18.0. The molecule has 7 heteroatoms. The Labute approximate surface area is 157 Å². The number of benzene rings is 2. The number of halogens is 4. The highest BCUT2D eigenvalue weighted by Crippen LogP contribution is 2.32. The van der Waals surface area contributed by atoms with Crippen molar-refractivity contribution in [2.45, 2.75) is 12.6 Å². The molecule has 0 aliphatic heterocycles. The maximum absolute atomic E-state index is 13.5. The van der Waals surface area contributed by atoms with Crippen molar-refractivity contribution >= 4 is 10.9 Å². The highest BCUT2D eigenvalue weighted by molar-refractivity contribution is 5.79. The first-order valence-corrected chi connectivity index (χ1v) is 8.44. The van der Waals surface area contributed by atoms with Gasteiger partial charge in [0.2, 0.25) is 0 Å². The van der Waals surface area contributed by atoms with Gasteiger partial charge in [-0.2, -0.15) is 13.2 Å². The number of rotatable bonds is 3. The molecule has 140 valence electrons. The van der Waals surface area contributed by atoms with Crippen LogP contribution in [0.4, 0.5) is 17.6 Å². The Morgan fingerprint density at radius 1 is 0.857 bits per heavy atom. The van der Waals surface area contributed by atoms with Crippen molar-refractivity contribution < 1.29 is 17.6 Å². The summed E-state index contributed by atoms with van der Waals surface area (Å²) in [6.45, 7) is 0. The van der Waals surface area contributed by atoms with E-state index in [-0.39, 0.29) is 6.42 Å². The Bertz CT molecular complexity index is 1160. The van der Waals surface area contributed by atoms with Gasteiger partial charge < -0.3 is 0 Å². The van der Waals surface area contributed by atoms with Crippen molar-refractivity contribution in [3.05, 3.63) is 89.5 Å². The first-order chi connectivity index (χ1) is 13.4. The van der Waals surface area contributed by atoms with E-state index in [1.165, 1.54) is 6.07 Å². The highest BCUT2D eigenvalue weighted by Gasteiger charge is 2.34. The lowest BCUT2D eigenvalue weighted by molar-refractivity contribution is -0.140. The third-order valence-electron chi connectivity index (χ3n) is 4.25. The predicted octanol–water partition coefficient (Wildman–Crippen LogP) is 5.44. The summed E-state index contributed by atoms with van der Waals surface area (Å²) in [4.78, 5) is 13.3. The Kier molecular flexibility index (Phi) is 4.50. The van der Waals surface area contributed by atoms with E-state index < -0.39 is 17.6 Å². The second-order valence-corrected chi connectivity index (χ2v) is 6.26. The Morgan fingerprint density at radius 3 is 2.50 bits per heavy atom. The van der Waals surface area contributed by atoms with Crippen LogP contribution in [0.5, 0.6) is 0 Å². The zero-order valence-electron chi connectivity index (χ0n) is 14.4. The van der Waals surface area contributed by atoms with E-state index in [0.29, 0.717) is 22.8 Å². The standard InChI is InChI=1S/C21H13F4N3/c22-17-9-8-13(11-16(17)21(23,24)25)10-15-5-3-7-19(27-15)20-26-12-14-4-1-2-6-18(14)28-20/h1-9,11-12H,10H2. The molecule has 0 aliphatic rings. The highest BCUT2D eigenvalue weighted by atomic mass is 19.4. The number of hydrogen-bond donors (Lipinski definition) is 0. The molecule has 0 radical (unpaired) electrons. The molecule has 0 unspecified atom stereocenters. The van der Waals surface area contributed by atoms with E-state index in [4.69, 9.17) is 0 Å². The Hall–Kier alpha value is -3.35. The second kappa shape index (κ2) is 6.99. The van der Waals surface area contributed by atoms with Gasteiger partial charge in [0.25, 0.3) is 0 Å². The fourth-order valence-corrected chi connectivity index (χ4v) is 2.91. The molecule has 4 rings (SSSR count). The van der Waals surface area contributed by atoms with Crippen molar-refractivity contribution in [2.75, 3.05) is 0 Å². The van der Waals surface area contributed by atoms with E-state index >= 15 is 0 Å². The molecule has 0 saturated heterocycles. The summed E-state index contributed by atoms with van der Waals surface area (Å²) in [5.74, 6) is -0.863.